The lowest BCUT2D eigenvalue weighted by Crippen LogP contribution is -2.27. The van der Waals surface area contributed by atoms with Gasteiger partial charge < -0.3 is 10.4 Å². The molecule has 2 aromatic rings. The molecule has 0 aromatic heterocycles. The zero-order valence-electron chi connectivity index (χ0n) is 12.2. The predicted octanol–water partition coefficient (Wildman–Crippen LogP) is 2.89. The van der Waals surface area contributed by atoms with Gasteiger partial charge >= 0.3 is 0 Å². The Kier molecular flexibility index (Phi) is 5.76. The summed E-state index contributed by atoms with van der Waals surface area (Å²) in [5.41, 5.74) is 0.193. The van der Waals surface area contributed by atoms with Gasteiger partial charge in [-0.15, -0.1) is 0 Å². The fraction of sp³-hybridized carbons (Fsp3) is 0.235. The van der Waals surface area contributed by atoms with Crippen molar-refractivity contribution in [1.82, 2.24) is 5.32 Å². The summed E-state index contributed by atoms with van der Waals surface area (Å²) in [7, 11) is 0. The van der Waals surface area contributed by atoms with Gasteiger partial charge in [-0.25, -0.2) is 13.2 Å². The second-order valence-electron chi connectivity index (χ2n) is 5.08. The Labute approximate surface area is 131 Å². The Balaban J connectivity index is 1.83. The van der Waals surface area contributed by atoms with Crippen LogP contribution in [0.2, 0.25) is 0 Å². The van der Waals surface area contributed by atoms with Gasteiger partial charge in [0, 0.05) is 12.1 Å². The molecule has 0 saturated heterocycles. The molecule has 0 spiro atoms. The van der Waals surface area contributed by atoms with Gasteiger partial charge in [0.25, 0.3) is 0 Å². The molecule has 0 radical (unpaired) electrons. The standard InChI is InChI=1S/C17H16F3NO2/c18-12-4-1-3-11(9-12)16(22)10-17(23)21-8-7-13-14(19)5-2-6-15(13)20/h1-6,9,16,22H,7-8,10H2,(H,21,23). The van der Waals surface area contributed by atoms with Crippen molar-refractivity contribution in [2.24, 2.45) is 0 Å². The van der Waals surface area contributed by atoms with Crippen LogP contribution in [0.25, 0.3) is 0 Å². The molecule has 0 heterocycles. The van der Waals surface area contributed by atoms with Gasteiger partial charge in [0.2, 0.25) is 5.91 Å². The van der Waals surface area contributed by atoms with Crippen molar-refractivity contribution in [3.05, 3.63) is 71.0 Å². The molecular weight excluding hydrogens is 307 g/mol. The summed E-state index contributed by atoms with van der Waals surface area (Å²) in [4.78, 5) is 11.7. The van der Waals surface area contributed by atoms with E-state index in [4.69, 9.17) is 0 Å². The summed E-state index contributed by atoms with van der Waals surface area (Å²) >= 11 is 0. The summed E-state index contributed by atoms with van der Waals surface area (Å²) in [5.74, 6) is -2.33. The molecule has 1 amide bonds. The monoisotopic (exact) mass is 323 g/mol. The van der Waals surface area contributed by atoms with E-state index in [1.165, 1.54) is 24.3 Å². The maximum atomic E-state index is 13.4. The fourth-order valence-electron chi connectivity index (χ4n) is 2.18. The van der Waals surface area contributed by atoms with Gasteiger partial charge in [-0.1, -0.05) is 18.2 Å². The van der Waals surface area contributed by atoms with Crippen molar-refractivity contribution >= 4 is 5.91 Å². The smallest absolute Gasteiger partial charge is 0.222 e. The number of carbonyl (C=O) groups is 1. The number of rotatable bonds is 6. The minimum Gasteiger partial charge on any atom is -0.388 e. The highest BCUT2D eigenvalue weighted by molar-refractivity contribution is 5.76. The van der Waals surface area contributed by atoms with Gasteiger partial charge in [0.15, 0.2) is 0 Å². The normalized spacial score (nSPS) is 12.0. The number of aliphatic hydroxyl groups excluding tert-OH is 1. The Morgan fingerprint density at radius 2 is 1.74 bits per heavy atom. The summed E-state index contributed by atoms with van der Waals surface area (Å²) in [6.07, 6.45) is -1.40. The van der Waals surface area contributed by atoms with Crippen molar-refractivity contribution in [2.75, 3.05) is 6.54 Å². The van der Waals surface area contributed by atoms with Crippen molar-refractivity contribution < 1.29 is 23.1 Å². The van der Waals surface area contributed by atoms with Crippen LogP contribution in [0.4, 0.5) is 13.2 Å². The highest BCUT2D eigenvalue weighted by Crippen LogP contribution is 2.17. The molecule has 0 saturated carbocycles. The Bertz CT molecular complexity index is 671. The SMILES string of the molecule is O=C(CC(O)c1cccc(F)c1)NCCc1c(F)cccc1F. The van der Waals surface area contributed by atoms with Gasteiger partial charge in [-0.05, 0) is 36.2 Å². The molecule has 2 rings (SSSR count). The molecule has 1 atom stereocenters. The van der Waals surface area contributed by atoms with Crippen LogP contribution in [0.5, 0.6) is 0 Å². The summed E-state index contributed by atoms with van der Waals surface area (Å²) in [6, 6.07) is 8.89. The van der Waals surface area contributed by atoms with E-state index in [-0.39, 0.29) is 24.9 Å². The second-order valence-corrected chi connectivity index (χ2v) is 5.08. The molecule has 6 heteroatoms. The van der Waals surface area contributed by atoms with E-state index in [1.807, 2.05) is 0 Å². The molecule has 3 nitrogen and oxygen atoms in total. The lowest BCUT2D eigenvalue weighted by Gasteiger charge is -2.12. The Morgan fingerprint density at radius 3 is 2.39 bits per heavy atom. The average molecular weight is 323 g/mol. The third-order valence-electron chi connectivity index (χ3n) is 3.37. The molecule has 0 aliphatic carbocycles. The van der Waals surface area contributed by atoms with Crippen LogP contribution < -0.4 is 5.32 Å². The van der Waals surface area contributed by atoms with Crippen molar-refractivity contribution in [3.63, 3.8) is 0 Å². The molecule has 0 aliphatic rings. The van der Waals surface area contributed by atoms with Gasteiger partial charge in [0.05, 0.1) is 12.5 Å². The van der Waals surface area contributed by atoms with Crippen LogP contribution in [-0.4, -0.2) is 17.6 Å². The number of aliphatic hydroxyl groups is 1. The average Bonchev–Trinajstić information content (AvgIpc) is 2.50. The van der Waals surface area contributed by atoms with Gasteiger partial charge in [-0.3, -0.25) is 4.79 Å². The van der Waals surface area contributed by atoms with E-state index in [2.05, 4.69) is 5.32 Å². The van der Waals surface area contributed by atoms with E-state index >= 15 is 0 Å². The molecule has 0 fully saturated rings. The van der Waals surface area contributed by atoms with E-state index in [0.717, 1.165) is 18.2 Å². The van der Waals surface area contributed by atoms with Crippen molar-refractivity contribution in [1.29, 1.82) is 0 Å². The first kappa shape index (κ1) is 17.0. The van der Waals surface area contributed by atoms with Crippen molar-refractivity contribution in [2.45, 2.75) is 18.9 Å². The molecule has 0 aliphatic heterocycles. The minimum atomic E-state index is -1.14. The number of nitrogens with one attached hydrogen (secondary N) is 1. The van der Waals surface area contributed by atoms with Crippen molar-refractivity contribution in [3.8, 4) is 0 Å². The van der Waals surface area contributed by atoms with Crippen LogP contribution in [0.3, 0.4) is 0 Å². The molecule has 23 heavy (non-hydrogen) atoms. The third-order valence-corrected chi connectivity index (χ3v) is 3.37. The lowest BCUT2D eigenvalue weighted by molar-refractivity contribution is -0.123. The first-order chi connectivity index (χ1) is 11.0. The van der Waals surface area contributed by atoms with Gasteiger partial charge in [0.1, 0.15) is 17.5 Å². The Morgan fingerprint density at radius 1 is 1.09 bits per heavy atom. The number of carbonyl (C=O) groups excluding carboxylic acids is 1. The quantitative estimate of drug-likeness (QED) is 0.859. The first-order valence-corrected chi connectivity index (χ1v) is 7.10. The maximum absolute atomic E-state index is 13.4. The van der Waals surface area contributed by atoms with E-state index in [1.54, 1.807) is 0 Å². The van der Waals surface area contributed by atoms with E-state index < -0.39 is 29.5 Å². The number of benzene rings is 2. The molecular formula is C17H16F3NO2. The van der Waals surface area contributed by atoms with E-state index in [0.29, 0.717) is 5.56 Å². The Hall–Kier alpha value is -2.34. The minimum absolute atomic E-state index is 0.000305. The molecule has 2 N–H and O–H groups in total. The molecule has 2 aromatic carbocycles. The van der Waals surface area contributed by atoms with Crippen LogP contribution in [0, 0.1) is 17.5 Å². The number of amides is 1. The first-order valence-electron chi connectivity index (χ1n) is 7.10. The molecule has 122 valence electrons. The zero-order valence-corrected chi connectivity index (χ0v) is 12.2. The topological polar surface area (TPSA) is 49.3 Å². The predicted molar refractivity (Wildman–Crippen MR) is 79.0 cm³/mol. The number of halogens is 3. The highest BCUT2D eigenvalue weighted by Gasteiger charge is 2.14. The van der Waals surface area contributed by atoms with Gasteiger partial charge in [-0.2, -0.15) is 0 Å². The maximum Gasteiger partial charge on any atom is 0.222 e. The van der Waals surface area contributed by atoms with Crippen LogP contribution in [-0.2, 0) is 11.2 Å². The van der Waals surface area contributed by atoms with Crippen LogP contribution >= 0.6 is 0 Å². The second kappa shape index (κ2) is 7.78. The summed E-state index contributed by atoms with van der Waals surface area (Å²) < 4.78 is 39.9. The lowest BCUT2D eigenvalue weighted by atomic mass is 10.1. The van der Waals surface area contributed by atoms with Crippen LogP contribution in [0.1, 0.15) is 23.7 Å². The van der Waals surface area contributed by atoms with E-state index in [9.17, 15) is 23.1 Å². The third kappa shape index (κ3) is 4.82. The summed E-state index contributed by atoms with van der Waals surface area (Å²) in [6.45, 7) is 0.0343. The number of hydrogen-bond donors (Lipinski definition) is 2. The highest BCUT2D eigenvalue weighted by atomic mass is 19.1. The largest absolute Gasteiger partial charge is 0.388 e. The number of hydrogen-bond acceptors (Lipinski definition) is 2. The fourth-order valence-corrected chi connectivity index (χ4v) is 2.18. The summed E-state index contributed by atoms with van der Waals surface area (Å²) in [5, 5.41) is 12.3. The zero-order chi connectivity index (χ0) is 16.8. The van der Waals surface area contributed by atoms with Crippen LogP contribution in [0.15, 0.2) is 42.5 Å². The molecule has 0 bridgehead atoms. The molecule has 1 unspecified atom stereocenters.